The SMILES string of the molecule is Nc1cccnc1SC1CCCCC1N. The van der Waals surface area contributed by atoms with Crippen LogP contribution in [0, 0.1) is 0 Å². The highest BCUT2D eigenvalue weighted by Gasteiger charge is 2.23. The molecule has 0 aromatic carbocycles. The van der Waals surface area contributed by atoms with E-state index in [2.05, 4.69) is 4.98 Å². The number of pyridine rings is 1. The fourth-order valence-corrected chi connectivity index (χ4v) is 3.12. The van der Waals surface area contributed by atoms with Gasteiger partial charge in [-0.05, 0) is 25.0 Å². The second-order valence-electron chi connectivity index (χ2n) is 4.00. The van der Waals surface area contributed by atoms with Gasteiger partial charge in [0.15, 0.2) is 0 Å². The van der Waals surface area contributed by atoms with Crippen molar-refractivity contribution in [1.82, 2.24) is 4.98 Å². The zero-order chi connectivity index (χ0) is 10.7. The van der Waals surface area contributed by atoms with E-state index in [-0.39, 0.29) is 0 Å². The lowest BCUT2D eigenvalue weighted by Gasteiger charge is -2.27. The molecule has 1 fully saturated rings. The summed E-state index contributed by atoms with van der Waals surface area (Å²) in [5.41, 5.74) is 12.7. The molecule has 0 bridgehead atoms. The molecule has 1 aromatic heterocycles. The van der Waals surface area contributed by atoms with Crippen molar-refractivity contribution in [2.75, 3.05) is 5.73 Å². The molecule has 15 heavy (non-hydrogen) atoms. The number of hydrogen-bond donors (Lipinski definition) is 2. The van der Waals surface area contributed by atoms with Crippen molar-refractivity contribution in [3.63, 3.8) is 0 Å². The van der Waals surface area contributed by atoms with Crippen molar-refractivity contribution >= 4 is 17.4 Å². The topological polar surface area (TPSA) is 64.9 Å². The van der Waals surface area contributed by atoms with Crippen LogP contribution >= 0.6 is 11.8 Å². The van der Waals surface area contributed by atoms with Crippen LogP contribution in [0.2, 0.25) is 0 Å². The first-order valence-corrected chi connectivity index (χ1v) is 6.28. The fourth-order valence-electron chi connectivity index (χ4n) is 1.92. The van der Waals surface area contributed by atoms with Crippen LogP contribution in [-0.2, 0) is 0 Å². The van der Waals surface area contributed by atoms with Gasteiger partial charge in [0.05, 0.1) is 5.69 Å². The zero-order valence-electron chi connectivity index (χ0n) is 8.73. The van der Waals surface area contributed by atoms with Gasteiger partial charge in [-0.15, -0.1) is 0 Å². The van der Waals surface area contributed by atoms with Crippen LogP contribution < -0.4 is 11.5 Å². The lowest BCUT2D eigenvalue weighted by molar-refractivity contribution is 0.453. The summed E-state index contributed by atoms with van der Waals surface area (Å²) in [6, 6.07) is 4.05. The van der Waals surface area contributed by atoms with E-state index < -0.39 is 0 Å². The maximum absolute atomic E-state index is 6.09. The molecule has 2 atom stereocenters. The molecule has 1 aromatic rings. The molecular weight excluding hydrogens is 206 g/mol. The molecule has 0 amide bonds. The maximum atomic E-state index is 6.09. The summed E-state index contributed by atoms with van der Waals surface area (Å²) >= 11 is 1.74. The number of thioether (sulfide) groups is 1. The molecule has 3 nitrogen and oxygen atoms in total. The van der Waals surface area contributed by atoms with Crippen molar-refractivity contribution in [3.8, 4) is 0 Å². The molecule has 1 aliphatic rings. The summed E-state index contributed by atoms with van der Waals surface area (Å²) < 4.78 is 0. The summed E-state index contributed by atoms with van der Waals surface area (Å²) in [6.07, 6.45) is 6.63. The first-order chi connectivity index (χ1) is 7.27. The number of rotatable bonds is 2. The minimum absolute atomic E-state index is 0.296. The molecule has 1 aliphatic carbocycles. The Kier molecular flexibility index (Phi) is 3.49. The first-order valence-electron chi connectivity index (χ1n) is 5.40. The standard InChI is InChI=1S/C11H17N3S/c12-8-4-1-2-6-10(8)15-11-9(13)5-3-7-14-11/h3,5,7-8,10H,1-2,4,6,12-13H2. The molecule has 4 N–H and O–H groups in total. The second-order valence-corrected chi connectivity index (χ2v) is 5.23. The zero-order valence-corrected chi connectivity index (χ0v) is 9.54. The van der Waals surface area contributed by atoms with Crippen LogP contribution in [0.1, 0.15) is 25.7 Å². The van der Waals surface area contributed by atoms with Crippen LogP contribution in [0.15, 0.2) is 23.4 Å². The maximum Gasteiger partial charge on any atom is 0.119 e. The van der Waals surface area contributed by atoms with E-state index in [4.69, 9.17) is 11.5 Å². The number of hydrogen-bond acceptors (Lipinski definition) is 4. The molecule has 2 unspecified atom stereocenters. The van der Waals surface area contributed by atoms with Crippen molar-refractivity contribution in [3.05, 3.63) is 18.3 Å². The molecule has 0 spiro atoms. The third-order valence-electron chi connectivity index (χ3n) is 2.82. The molecular formula is C11H17N3S. The van der Waals surface area contributed by atoms with E-state index in [1.165, 1.54) is 19.3 Å². The van der Waals surface area contributed by atoms with Gasteiger partial charge in [-0.25, -0.2) is 4.98 Å². The number of anilines is 1. The van der Waals surface area contributed by atoms with Gasteiger partial charge in [0.25, 0.3) is 0 Å². The second kappa shape index (κ2) is 4.86. The van der Waals surface area contributed by atoms with Gasteiger partial charge < -0.3 is 11.5 Å². The normalized spacial score (nSPS) is 26.5. The minimum Gasteiger partial charge on any atom is -0.397 e. The van der Waals surface area contributed by atoms with E-state index in [0.29, 0.717) is 11.3 Å². The third kappa shape index (κ3) is 2.63. The van der Waals surface area contributed by atoms with Crippen molar-refractivity contribution in [1.29, 1.82) is 0 Å². The Morgan fingerprint density at radius 1 is 1.33 bits per heavy atom. The van der Waals surface area contributed by atoms with E-state index >= 15 is 0 Å². The molecule has 0 saturated heterocycles. The Bertz CT molecular complexity index is 329. The van der Waals surface area contributed by atoms with Crippen LogP contribution in [0.3, 0.4) is 0 Å². The van der Waals surface area contributed by atoms with Gasteiger partial charge in [0.1, 0.15) is 5.03 Å². The predicted octanol–water partition coefficient (Wildman–Crippen LogP) is 2.03. The fraction of sp³-hybridized carbons (Fsp3) is 0.545. The number of nitrogens with zero attached hydrogens (tertiary/aromatic N) is 1. The Hall–Kier alpha value is -0.740. The Labute approximate surface area is 94.6 Å². The van der Waals surface area contributed by atoms with Crippen LogP contribution in [0.25, 0.3) is 0 Å². The van der Waals surface area contributed by atoms with E-state index in [0.717, 1.165) is 17.1 Å². The van der Waals surface area contributed by atoms with Gasteiger partial charge >= 0.3 is 0 Å². The largest absolute Gasteiger partial charge is 0.397 e. The lowest BCUT2D eigenvalue weighted by atomic mass is 9.96. The first kappa shape index (κ1) is 10.8. The highest BCUT2D eigenvalue weighted by atomic mass is 32.2. The smallest absolute Gasteiger partial charge is 0.119 e. The van der Waals surface area contributed by atoms with Crippen molar-refractivity contribution in [2.24, 2.45) is 5.73 Å². The quantitative estimate of drug-likeness (QED) is 0.805. The van der Waals surface area contributed by atoms with E-state index in [1.807, 2.05) is 12.1 Å². The lowest BCUT2D eigenvalue weighted by Crippen LogP contribution is -2.35. The summed E-state index contributed by atoms with van der Waals surface area (Å²) in [5, 5.41) is 1.41. The summed E-state index contributed by atoms with van der Waals surface area (Å²) in [4.78, 5) is 4.29. The van der Waals surface area contributed by atoms with Gasteiger partial charge in [-0.3, -0.25) is 0 Å². The average Bonchev–Trinajstić information content (AvgIpc) is 2.24. The van der Waals surface area contributed by atoms with Crippen LogP contribution in [0.5, 0.6) is 0 Å². The van der Waals surface area contributed by atoms with Crippen LogP contribution in [-0.4, -0.2) is 16.3 Å². The van der Waals surface area contributed by atoms with Gasteiger partial charge in [-0.2, -0.15) is 0 Å². The molecule has 4 heteroatoms. The average molecular weight is 223 g/mol. The predicted molar refractivity (Wildman–Crippen MR) is 64.7 cm³/mol. The van der Waals surface area contributed by atoms with E-state index in [1.54, 1.807) is 18.0 Å². The van der Waals surface area contributed by atoms with Crippen molar-refractivity contribution < 1.29 is 0 Å². The van der Waals surface area contributed by atoms with Gasteiger partial charge in [-0.1, -0.05) is 24.6 Å². The van der Waals surface area contributed by atoms with Crippen molar-refractivity contribution in [2.45, 2.75) is 42.0 Å². The Morgan fingerprint density at radius 3 is 2.87 bits per heavy atom. The van der Waals surface area contributed by atoms with Gasteiger partial charge in [0.2, 0.25) is 0 Å². The minimum atomic E-state index is 0.296. The Morgan fingerprint density at radius 2 is 2.13 bits per heavy atom. The van der Waals surface area contributed by atoms with Crippen LogP contribution in [0.4, 0.5) is 5.69 Å². The Balaban J connectivity index is 2.04. The monoisotopic (exact) mass is 223 g/mol. The highest BCUT2D eigenvalue weighted by Crippen LogP contribution is 2.34. The number of nitrogens with two attached hydrogens (primary N) is 2. The molecule has 0 aliphatic heterocycles. The highest BCUT2D eigenvalue weighted by molar-refractivity contribution is 8.00. The number of nitrogen functional groups attached to an aromatic ring is 1. The van der Waals surface area contributed by atoms with E-state index in [9.17, 15) is 0 Å². The molecule has 1 heterocycles. The summed E-state index contributed by atoms with van der Waals surface area (Å²) in [7, 11) is 0. The van der Waals surface area contributed by atoms with Gasteiger partial charge in [0, 0.05) is 17.5 Å². The summed E-state index contributed by atoms with van der Waals surface area (Å²) in [6.45, 7) is 0. The molecule has 1 saturated carbocycles. The third-order valence-corrected chi connectivity index (χ3v) is 4.27. The molecule has 2 rings (SSSR count). The summed E-state index contributed by atoms with van der Waals surface area (Å²) in [5.74, 6) is 0. The number of aromatic nitrogens is 1. The molecule has 0 radical (unpaired) electrons. The molecule has 82 valence electrons.